The number of ether oxygens (including phenoxy) is 5. The van der Waals surface area contributed by atoms with Gasteiger partial charge in [-0.15, -0.1) is 0 Å². The molecule has 14 atom stereocenters. The van der Waals surface area contributed by atoms with Crippen molar-refractivity contribution < 1.29 is 108 Å². The minimum absolute atomic E-state index is 0.0416. The van der Waals surface area contributed by atoms with E-state index in [-0.39, 0.29) is 91.4 Å². The number of imide groups is 1. The van der Waals surface area contributed by atoms with Gasteiger partial charge in [0, 0.05) is 42.0 Å². The molecular formula is C81H95ClN12O22. The molecule has 5 fully saturated rings. The Hall–Kier alpha value is -10.9. The standard InChI is InChI=1S/C81H95ClN12O22/c1-6-85-17-18-112-46-12-10-44(11-13-46)86-81(111)88-59(98)32-51-74(105)90-63-43-28-56(113-54-15-8-39(20-35(54)4)67(99)65(78(109)87-51)93-73(104)50(84-5)19-34(2)3)72(116-80-71(103)70(102)69(101)58(33-83)115-80)57(29-43)114-55-16-9-40(27-49(55)82)68(100)66-79(110)92-64(77(108)89-61-41-22-36-21-37(24-41)25-42(61)23-36)48-30-45(95)31-53(97)60(48)47-26-38(7-14-52(47)96)62(75(106)94-66)91-76(63)107/h7-16,20,26-31,34,36-37,41-42,50-51,58,61-71,80,84-85,95-97,99-103H,6,17-19,21-25,32-33,83H2,1-5H3,(H,87,109)(H,89,108)(H,90,105)(H,91,107)(H,92,110)(H,93,104)(H,94,106)(H2,86,88,98,111)/t36?,37?,41?,42?,50-,51+,58-,61?,62-,63?,64+,65-,66+,67-,68-,69-,70+,71-,80+/m1/s1. The van der Waals surface area contributed by atoms with Crippen LogP contribution in [-0.4, -0.2) is 188 Å². The average Bonchev–Trinajstić information content (AvgIpc) is 0.757. The van der Waals surface area contributed by atoms with Gasteiger partial charge in [0.05, 0.1) is 17.5 Å². The third kappa shape index (κ3) is 18.0. The predicted octanol–water partition coefficient (Wildman–Crippen LogP) is 3.20. The zero-order chi connectivity index (χ0) is 82.8. The molecule has 4 saturated carbocycles. The molecule has 21 N–H and O–H groups in total. The van der Waals surface area contributed by atoms with E-state index in [0.717, 1.165) is 80.6 Å². The summed E-state index contributed by atoms with van der Waals surface area (Å²) < 4.78 is 31.6. The number of aliphatic hydroxyl groups excluding tert-OH is 5. The lowest BCUT2D eigenvalue weighted by Crippen LogP contribution is -2.60. The minimum Gasteiger partial charge on any atom is -0.508 e. The monoisotopic (exact) mass is 1620 g/mol. The molecule has 116 heavy (non-hydrogen) atoms. The largest absolute Gasteiger partial charge is 0.508 e. The van der Waals surface area contributed by atoms with Gasteiger partial charge in [0.25, 0.3) is 0 Å². The Bertz CT molecular complexity index is 4740. The van der Waals surface area contributed by atoms with Gasteiger partial charge in [0.15, 0.2) is 11.5 Å². The molecule has 6 aromatic carbocycles. The van der Waals surface area contributed by atoms with E-state index < -0.39 is 192 Å². The van der Waals surface area contributed by atoms with Crippen LogP contribution in [0.1, 0.15) is 129 Å². The van der Waals surface area contributed by atoms with Crippen molar-refractivity contribution in [1.82, 2.24) is 53.2 Å². The van der Waals surface area contributed by atoms with Crippen LogP contribution in [0.25, 0.3) is 11.1 Å². The van der Waals surface area contributed by atoms with E-state index in [0.29, 0.717) is 37.3 Å². The number of amides is 10. The van der Waals surface area contributed by atoms with Crippen molar-refractivity contribution in [2.24, 2.45) is 35.3 Å². The highest BCUT2D eigenvalue weighted by molar-refractivity contribution is 6.32. The second-order valence-electron chi connectivity index (χ2n) is 31.0. The highest BCUT2D eigenvalue weighted by Crippen LogP contribution is 2.55. The SMILES string of the molecule is CCNCCOc1ccc(NC(=O)NC(=O)C[C@@H]2NC(=O)[C@H](NC(=O)[C@@H](CC(C)C)NC)[C@H](O)c3ccc(c(C)c3)Oc3cc4cc(c3O[C@@H]3O[C@H](CN)[C@@H](O)[C@H](O)[C@H]3O)Oc3ccc(cc3Cl)[C@@H](O)[C@@H]3NC(=O)[C@H](NC(=O)C4NC2=O)c2ccc(O)c(c2)-c2c(O)cc(O)cc2[C@@H](C(=O)NC2C4CC5CC(C4)CC2C5)NC3=O)cc1. The molecule has 15 bridgehead atoms. The van der Waals surface area contributed by atoms with E-state index in [9.17, 15) is 55.2 Å². The van der Waals surface area contributed by atoms with Crippen molar-refractivity contribution in [3.63, 3.8) is 0 Å². The van der Waals surface area contributed by atoms with Gasteiger partial charge in [-0.05, 0) is 201 Å². The van der Waals surface area contributed by atoms with Gasteiger partial charge in [-0.1, -0.05) is 50.6 Å². The molecule has 0 radical (unpaired) electrons. The molecule has 1 unspecified atom stereocenters. The number of nitrogens with two attached hydrogens (primary N) is 1. The maximum Gasteiger partial charge on any atom is 0.325 e. The number of aryl methyl sites for hydroxylation is 1. The first-order chi connectivity index (χ1) is 55.4. The highest BCUT2D eigenvalue weighted by atomic mass is 35.5. The lowest BCUT2D eigenvalue weighted by Gasteiger charge is -2.54. The maximum absolute atomic E-state index is 16.4. The molecular weight excluding hydrogens is 1530 g/mol. The van der Waals surface area contributed by atoms with Crippen LogP contribution in [0, 0.1) is 36.5 Å². The van der Waals surface area contributed by atoms with Crippen LogP contribution in [0.4, 0.5) is 10.5 Å². The van der Waals surface area contributed by atoms with Crippen molar-refractivity contribution in [1.29, 1.82) is 0 Å². The molecule has 0 spiro atoms. The van der Waals surface area contributed by atoms with Gasteiger partial charge in [-0.2, -0.15) is 0 Å². The Morgan fingerprint density at radius 2 is 1.30 bits per heavy atom. The highest BCUT2D eigenvalue weighted by Gasteiger charge is 2.51. The Morgan fingerprint density at radius 1 is 0.655 bits per heavy atom. The van der Waals surface area contributed by atoms with E-state index in [1.807, 2.05) is 20.8 Å². The number of rotatable bonds is 18. The van der Waals surface area contributed by atoms with Gasteiger partial charge in [0.1, 0.15) is 114 Å². The molecule has 6 aliphatic heterocycles. The summed E-state index contributed by atoms with van der Waals surface area (Å²) in [6.45, 7) is 8.26. The number of fused-ring (bicyclic) bond motifs is 15. The van der Waals surface area contributed by atoms with Gasteiger partial charge < -0.3 is 123 Å². The van der Waals surface area contributed by atoms with Crippen molar-refractivity contribution in [3.8, 4) is 62.9 Å². The Morgan fingerprint density at radius 3 is 1.96 bits per heavy atom. The number of urea groups is 1. The molecule has 1 saturated heterocycles. The molecule has 10 amide bonds. The Kier molecular flexibility index (Phi) is 25.2. The van der Waals surface area contributed by atoms with Crippen molar-refractivity contribution in [2.45, 2.75) is 164 Å². The van der Waals surface area contributed by atoms with Gasteiger partial charge in [0.2, 0.25) is 59.3 Å². The number of carbonyl (C=O) groups is 9. The molecule has 10 aliphatic rings. The quantitative estimate of drug-likeness (QED) is 0.0549. The summed E-state index contributed by atoms with van der Waals surface area (Å²) in [5, 5.41) is 124. The summed E-state index contributed by atoms with van der Waals surface area (Å²) >= 11 is 7.19. The van der Waals surface area contributed by atoms with E-state index in [1.165, 1.54) is 56.4 Å². The molecule has 6 aromatic rings. The summed E-state index contributed by atoms with van der Waals surface area (Å²) in [5.74, 6) is -12.3. The number of phenols is 3. The zero-order valence-electron chi connectivity index (χ0n) is 63.9. The summed E-state index contributed by atoms with van der Waals surface area (Å²) in [6, 6.07) is 5.84. The number of hydrogen-bond acceptors (Lipinski definition) is 25. The smallest absolute Gasteiger partial charge is 0.325 e. The number of aromatic hydroxyl groups is 3. The number of likely N-dealkylation sites (N-methyl/N-ethyl adjacent to an activating group) is 2. The molecule has 0 aromatic heterocycles. The lowest BCUT2D eigenvalue weighted by molar-refractivity contribution is -0.270. The van der Waals surface area contributed by atoms with Crippen LogP contribution in [0.15, 0.2) is 103 Å². The summed E-state index contributed by atoms with van der Waals surface area (Å²) in [6.07, 6.45) is -9.95. The van der Waals surface area contributed by atoms with E-state index in [1.54, 1.807) is 12.1 Å². The summed E-state index contributed by atoms with van der Waals surface area (Å²) in [5.41, 5.74) is 4.43. The van der Waals surface area contributed by atoms with Crippen molar-refractivity contribution >= 4 is 70.6 Å². The lowest BCUT2D eigenvalue weighted by atomic mass is 9.54. The Labute approximate surface area is 670 Å². The first kappa shape index (κ1) is 83.0. The molecule has 4 aliphatic carbocycles. The first-order valence-electron chi connectivity index (χ1n) is 38.5. The van der Waals surface area contributed by atoms with E-state index in [2.05, 4.69) is 58.5 Å². The molecule has 35 heteroatoms. The fourth-order valence-corrected chi connectivity index (χ4v) is 17.0. The van der Waals surface area contributed by atoms with Crippen LogP contribution >= 0.6 is 11.6 Å². The number of hydrogen-bond donors (Lipinski definition) is 20. The molecule has 618 valence electrons. The number of aliphatic hydroxyl groups is 5. The topological polar surface area (TPSA) is 520 Å². The number of halogens is 1. The summed E-state index contributed by atoms with van der Waals surface area (Å²) in [4.78, 5) is 138. The minimum atomic E-state index is -2.34. The molecule has 16 rings (SSSR count). The first-order valence-corrected chi connectivity index (χ1v) is 38.9. The second-order valence-corrected chi connectivity index (χ2v) is 31.4. The van der Waals surface area contributed by atoms with E-state index in [4.69, 9.17) is 41.0 Å². The summed E-state index contributed by atoms with van der Waals surface area (Å²) in [7, 11) is 1.50. The average molecular weight is 1620 g/mol. The predicted molar refractivity (Wildman–Crippen MR) is 414 cm³/mol. The van der Waals surface area contributed by atoms with Gasteiger partial charge in [-0.3, -0.25) is 43.7 Å². The van der Waals surface area contributed by atoms with Crippen LogP contribution < -0.4 is 83.2 Å². The third-order valence-corrected chi connectivity index (χ3v) is 22.7. The van der Waals surface area contributed by atoms with Crippen LogP contribution in [0.5, 0.6) is 51.7 Å². The number of phenolic OH excluding ortho intramolecular Hbond substituents is 3. The van der Waals surface area contributed by atoms with Crippen molar-refractivity contribution in [3.05, 3.63) is 142 Å². The molecule has 34 nitrogen and oxygen atoms in total. The number of benzene rings is 6. The number of carbonyl (C=O) groups excluding carboxylic acids is 9. The number of anilines is 1. The fraction of sp³-hybridized carbons (Fsp3) is 0.444. The van der Waals surface area contributed by atoms with Gasteiger partial charge >= 0.3 is 6.03 Å². The fourth-order valence-electron chi connectivity index (χ4n) is 16.8. The Balaban J connectivity index is 0.980. The zero-order valence-corrected chi connectivity index (χ0v) is 64.6. The molecule has 6 heterocycles. The normalized spacial score (nSPS) is 27.7. The van der Waals surface area contributed by atoms with Crippen LogP contribution in [0.2, 0.25) is 5.02 Å². The number of nitrogens with one attached hydrogen (secondary N) is 11. The maximum atomic E-state index is 16.4. The van der Waals surface area contributed by atoms with E-state index >= 15 is 28.8 Å². The van der Waals surface area contributed by atoms with Crippen LogP contribution in [-0.2, 0) is 43.1 Å². The van der Waals surface area contributed by atoms with Crippen molar-refractivity contribution in [2.75, 3.05) is 38.6 Å². The van der Waals surface area contributed by atoms with Gasteiger partial charge in [-0.25, -0.2) is 4.79 Å². The second kappa shape index (κ2) is 35.3. The third-order valence-electron chi connectivity index (χ3n) is 22.4. The van der Waals surface area contributed by atoms with Crippen LogP contribution in [0.3, 0.4) is 0 Å².